The molecule has 0 aliphatic carbocycles. The maximum Gasteiger partial charge on any atom is 0.573 e. The molecule has 0 bridgehead atoms. The minimum Gasteiger partial charge on any atom is -0.406 e. The van der Waals surface area contributed by atoms with Gasteiger partial charge in [-0.05, 0) is 43.0 Å². The molecule has 12 heteroatoms. The van der Waals surface area contributed by atoms with Gasteiger partial charge in [0.15, 0.2) is 0 Å². The van der Waals surface area contributed by atoms with Crippen LogP contribution >= 0.6 is 0 Å². The van der Waals surface area contributed by atoms with E-state index in [0.29, 0.717) is 25.4 Å². The summed E-state index contributed by atoms with van der Waals surface area (Å²) in [6.45, 7) is 3.88. The first-order valence-electron chi connectivity index (χ1n) is 10.3. The van der Waals surface area contributed by atoms with Gasteiger partial charge in [-0.2, -0.15) is 4.31 Å². The molecule has 8 nitrogen and oxygen atoms in total. The lowest BCUT2D eigenvalue weighted by molar-refractivity contribution is -0.274. The molecule has 2 heterocycles. The van der Waals surface area contributed by atoms with E-state index in [9.17, 15) is 26.4 Å². The number of carbonyl (C=O) groups excluding carboxylic acids is 1. The Labute approximate surface area is 185 Å². The van der Waals surface area contributed by atoms with E-state index < -0.39 is 22.1 Å². The second kappa shape index (κ2) is 10.1. The highest BCUT2D eigenvalue weighted by Gasteiger charge is 2.32. The first-order valence-corrected chi connectivity index (χ1v) is 11.8. The Morgan fingerprint density at radius 1 is 1.09 bits per heavy atom. The molecule has 32 heavy (non-hydrogen) atoms. The van der Waals surface area contributed by atoms with Gasteiger partial charge in [-0.25, -0.2) is 8.42 Å². The fourth-order valence-electron chi connectivity index (χ4n) is 3.69. The molecule has 2 fully saturated rings. The summed E-state index contributed by atoms with van der Waals surface area (Å²) >= 11 is 0. The monoisotopic (exact) mass is 477 g/mol. The van der Waals surface area contributed by atoms with Gasteiger partial charge in [0.25, 0.3) is 0 Å². The number of likely N-dealkylation sites (tertiary alicyclic amines) is 1. The topological polar surface area (TPSA) is 88.5 Å². The number of alkyl halides is 3. The molecule has 1 aromatic rings. The molecule has 178 valence electrons. The van der Waals surface area contributed by atoms with Crippen LogP contribution in [-0.4, -0.2) is 68.4 Å². The molecular weight excluding hydrogens is 451 g/mol. The Balaban J connectivity index is 1.46. The Kier molecular flexibility index (Phi) is 7.65. The third kappa shape index (κ3) is 6.58. The van der Waals surface area contributed by atoms with Crippen LogP contribution in [0.25, 0.3) is 0 Å². The predicted molar refractivity (Wildman–Crippen MR) is 109 cm³/mol. The molecule has 0 unspecified atom stereocenters. The van der Waals surface area contributed by atoms with Crippen LogP contribution in [0.2, 0.25) is 0 Å². The summed E-state index contributed by atoms with van der Waals surface area (Å²) in [5, 5.41) is 4.16. The second-order valence-electron chi connectivity index (χ2n) is 7.83. The van der Waals surface area contributed by atoms with E-state index in [0.717, 1.165) is 55.9 Å². The van der Waals surface area contributed by atoms with E-state index in [-0.39, 0.29) is 23.9 Å². The van der Waals surface area contributed by atoms with Crippen molar-refractivity contribution in [1.82, 2.24) is 9.21 Å². The summed E-state index contributed by atoms with van der Waals surface area (Å²) in [4.78, 5) is 18.6. The summed E-state index contributed by atoms with van der Waals surface area (Å²) in [7, 11) is -3.83. The highest BCUT2D eigenvalue weighted by Crippen LogP contribution is 2.26. The zero-order chi connectivity index (χ0) is 23.4. The number of halogens is 3. The van der Waals surface area contributed by atoms with Crippen molar-refractivity contribution >= 4 is 21.6 Å². The highest BCUT2D eigenvalue weighted by atomic mass is 32.2. The van der Waals surface area contributed by atoms with Gasteiger partial charge in [-0.1, -0.05) is 5.16 Å². The average molecular weight is 478 g/mol. The molecule has 1 amide bonds. The van der Waals surface area contributed by atoms with Crippen molar-refractivity contribution in [2.45, 2.75) is 43.9 Å². The number of nitrogens with zero attached hydrogens (tertiary/aromatic N) is 3. The minimum absolute atomic E-state index is 0.0805. The number of hydrogen-bond donors (Lipinski definition) is 0. The maximum atomic E-state index is 12.7. The zero-order valence-electron chi connectivity index (χ0n) is 17.7. The fraction of sp³-hybridized carbons (Fsp3) is 0.600. The van der Waals surface area contributed by atoms with Crippen LogP contribution in [0, 0.1) is 5.92 Å². The van der Waals surface area contributed by atoms with Crippen LogP contribution in [0.15, 0.2) is 34.3 Å². The van der Waals surface area contributed by atoms with Crippen LogP contribution in [0.4, 0.5) is 13.2 Å². The standard InChI is InChI=1S/C20H26F3N3O5S/c1-15(27)25-10-6-16(7-11-25)14-30-24-17-8-12-26(13-9-17)32(28,29)19-4-2-18(3-5-19)31-20(21,22)23/h2-5,16H,6-14H2,1H3. The van der Waals surface area contributed by atoms with E-state index in [4.69, 9.17) is 4.84 Å². The van der Waals surface area contributed by atoms with Crippen LogP contribution in [0.3, 0.4) is 0 Å². The predicted octanol–water partition coefficient (Wildman–Crippen LogP) is 3.00. The summed E-state index contributed by atoms with van der Waals surface area (Å²) < 4.78 is 67.3. The summed E-state index contributed by atoms with van der Waals surface area (Å²) in [5.74, 6) is -0.0646. The Bertz CT molecular complexity index is 917. The molecule has 0 radical (unpaired) electrons. The van der Waals surface area contributed by atoms with Crippen molar-refractivity contribution in [1.29, 1.82) is 0 Å². The number of ether oxygens (including phenoxy) is 1. The van der Waals surface area contributed by atoms with Gasteiger partial charge in [-0.15, -0.1) is 13.2 Å². The van der Waals surface area contributed by atoms with Gasteiger partial charge in [0.2, 0.25) is 15.9 Å². The fourth-order valence-corrected chi connectivity index (χ4v) is 5.13. The van der Waals surface area contributed by atoms with Crippen LogP contribution in [0.1, 0.15) is 32.6 Å². The number of benzene rings is 1. The first kappa shape index (κ1) is 24.3. The van der Waals surface area contributed by atoms with Gasteiger partial charge in [0, 0.05) is 45.9 Å². The Morgan fingerprint density at radius 3 is 2.22 bits per heavy atom. The Hall–Kier alpha value is -2.34. The zero-order valence-corrected chi connectivity index (χ0v) is 18.5. The van der Waals surface area contributed by atoms with Gasteiger partial charge in [0.05, 0.1) is 10.6 Å². The van der Waals surface area contributed by atoms with Gasteiger partial charge in [0.1, 0.15) is 12.4 Å². The van der Waals surface area contributed by atoms with E-state index >= 15 is 0 Å². The number of piperidine rings is 2. The molecule has 1 aromatic carbocycles. The van der Waals surface area contributed by atoms with E-state index in [1.165, 1.54) is 4.31 Å². The van der Waals surface area contributed by atoms with Crippen LogP contribution in [0.5, 0.6) is 5.75 Å². The van der Waals surface area contributed by atoms with Crippen molar-refractivity contribution in [2.75, 3.05) is 32.8 Å². The smallest absolute Gasteiger partial charge is 0.406 e. The number of sulfonamides is 1. The second-order valence-corrected chi connectivity index (χ2v) is 9.76. The number of rotatable bonds is 6. The quantitative estimate of drug-likeness (QED) is 0.588. The lowest BCUT2D eigenvalue weighted by Gasteiger charge is -2.30. The maximum absolute atomic E-state index is 12.7. The number of amides is 1. The van der Waals surface area contributed by atoms with E-state index in [2.05, 4.69) is 9.89 Å². The van der Waals surface area contributed by atoms with E-state index in [1.54, 1.807) is 6.92 Å². The third-order valence-corrected chi connectivity index (χ3v) is 7.47. The summed E-state index contributed by atoms with van der Waals surface area (Å²) in [5.41, 5.74) is 0.770. The van der Waals surface area contributed by atoms with Crippen molar-refractivity contribution < 1.29 is 36.0 Å². The molecule has 0 saturated carbocycles. The van der Waals surface area contributed by atoms with Crippen molar-refractivity contribution in [2.24, 2.45) is 11.1 Å². The minimum atomic E-state index is -4.84. The molecule has 3 rings (SSSR count). The van der Waals surface area contributed by atoms with Crippen LogP contribution < -0.4 is 4.74 Å². The highest BCUT2D eigenvalue weighted by molar-refractivity contribution is 7.89. The molecule has 2 aliphatic heterocycles. The van der Waals surface area contributed by atoms with Crippen LogP contribution in [-0.2, 0) is 19.7 Å². The largest absolute Gasteiger partial charge is 0.573 e. The van der Waals surface area contributed by atoms with Gasteiger partial charge < -0.3 is 14.5 Å². The average Bonchev–Trinajstić information content (AvgIpc) is 2.74. The van der Waals surface area contributed by atoms with E-state index in [1.807, 2.05) is 4.90 Å². The number of hydrogen-bond acceptors (Lipinski definition) is 6. The number of oxime groups is 1. The summed E-state index contributed by atoms with van der Waals surface area (Å²) in [6, 6.07) is 4.15. The number of carbonyl (C=O) groups is 1. The molecular formula is C20H26F3N3O5S. The van der Waals surface area contributed by atoms with Gasteiger partial charge >= 0.3 is 6.36 Å². The van der Waals surface area contributed by atoms with Crippen molar-refractivity contribution in [3.63, 3.8) is 0 Å². The molecule has 0 aromatic heterocycles. The molecule has 2 saturated heterocycles. The normalized spacial score (nSPS) is 19.0. The Morgan fingerprint density at radius 2 is 1.69 bits per heavy atom. The molecule has 0 atom stereocenters. The SMILES string of the molecule is CC(=O)N1CCC(CON=C2CCN(S(=O)(=O)c3ccc(OC(F)(F)F)cc3)CC2)CC1. The van der Waals surface area contributed by atoms with Gasteiger partial charge in [-0.3, -0.25) is 4.79 Å². The lowest BCUT2D eigenvalue weighted by atomic mass is 9.98. The lowest BCUT2D eigenvalue weighted by Crippen LogP contribution is -2.39. The molecule has 0 spiro atoms. The summed E-state index contributed by atoms with van der Waals surface area (Å²) in [6.07, 6.45) is -2.28. The van der Waals surface area contributed by atoms with Crippen molar-refractivity contribution in [3.05, 3.63) is 24.3 Å². The molecule has 2 aliphatic rings. The van der Waals surface area contributed by atoms with Crippen molar-refractivity contribution in [3.8, 4) is 5.75 Å². The first-order chi connectivity index (χ1) is 15.0. The third-order valence-electron chi connectivity index (χ3n) is 5.56. The molecule has 0 N–H and O–H groups in total.